The lowest BCUT2D eigenvalue weighted by Gasteiger charge is -2.17. The van der Waals surface area contributed by atoms with Crippen LogP contribution in [0.25, 0.3) is 0 Å². The summed E-state index contributed by atoms with van der Waals surface area (Å²) in [5.41, 5.74) is 8.91. The highest BCUT2D eigenvalue weighted by atomic mass is 79.9. The second kappa shape index (κ2) is 6.19. The molecule has 0 aliphatic carbocycles. The number of benzene rings is 1. The standard InChI is InChI=1S/C14H16BrN3O2/c1-8-5-4-6-9(11(8)15)12(16)13-14(20-3)18-10(19-2)7-17-13/h4-7,12H,16H2,1-3H3. The lowest BCUT2D eigenvalue weighted by atomic mass is 10.0. The van der Waals surface area contributed by atoms with Crippen molar-refractivity contribution in [1.29, 1.82) is 0 Å². The molecule has 2 N–H and O–H groups in total. The molecule has 1 unspecified atom stereocenters. The van der Waals surface area contributed by atoms with Crippen LogP contribution in [-0.2, 0) is 0 Å². The van der Waals surface area contributed by atoms with Gasteiger partial charge in [0.15, 0.2) is 0 Å². The van der Waals surface area contributed by atoms with Gasteiger partial charge in [-0.05, 0) is 18.1 Å². The van der Waals surface area contributed by atoms with Crippen LogP contribution < -0.4 is 15.2 Å². The molecule has 0 radical (unpaired) electrons. The Bertz CT molecular complexity index is 619. The molecule has 0 bridgehead atoms. The molecule has 0 aliphatic heterocycles. The number of nitrogens with zero attached hydrogens (tertiary/aromatic N) is 2. The zero-order chi connectivity index (χ0) is 14.7. The van der Waals surface area contributed by atoms with Gasteiger partial charge in [-0.2, -0.15) is 4.98 Å². The van der Waals surface area contributed by atoms with Crippen molar-refractivity contribution in [2.75, 3.05) is 14.2 Å². The highest BCUT2D eigenvalue weighted by Gasteiger charge is 2.20. The molecule has 20 heavy (non-hydrogen) atoms. The van der Waals surface area contributed by atoms with E-state index in [1.54, 1.807) is 0 Å². The lowest BCUT2D eigenvalue weighted by molar-refractivity contribution is 0.355. The van der Waals surface area contributed by atoms with E-state index in [9.17, 15) is 0 Å². The third-order valence-electron chi connectivity index (χ3n) is 3.00. The van der Waals surface area contributed by atoms with E-state index in [-0.39, 0.29) is 0 Å². The fourth-order valence-electron chi connectivity index (χ4n) is 1.89. The Morgan fingerprint density at radius 2 is 2.00 bits per heavy atom. The van der Waals surface area contributed by atoms with Crippen molar-refractivity contribution in [2.45, 2.75) is 13.0 Å². The maximum absolute atomic E-state index is 6.30. The molecule has 0 saturated heterocycles. The summed E-state index contributed by atoms with van der Waals surface area (Å²) in [5.74, 6) is 0.756. The molecule has 1 aromatic carbocycles. The number of hydrogen-bond donors (Lipinski definition) is 1. The Hall–Kier alpha value is -1.66. The third kappa shape index (κ3) is 2.76. The van der Waals surface area contributed by atoms with Crippen LogP contribution in [0.3, 0.4) is 0 Å². The van der Waals surface area contributed by atoms with E-state index in [0.29, 0.717) is 17.5 Å². The van der Waals surface area contributed by atoms with Crippen LogP contribution in [0.4, 0.5) is 0 Å². The summed E-state index contributed by atoms with van der Waals surface area (Å²) in [4.78, 5) is 8.52. The summed E-state index contributed by atoms with van der Waals surface area (Å²) in [7, 11) is 3.06. The molecule has 5 nitrogen and oxygen atoms in total. The van der Waals surface area contributed by atoms with Gasteiger partial charge in [-0.25, -0.2) is 4.98 Å². The Labute approximate surface area is 126 Å². The number of rotatable bonds is 4. The largest absolute Gasteiger partial charge is 0.480 e. The minimum Gasteiger partial charge on any atom is -0.480 e. The quantitative estimate of drug-likeness (QED) is 0.928. The predicted molar refractivity (Wildman–Crippen MR) is 80.0 cm³/mol. The van der Waals surface area contributed by atoms with Crippen LogP contribution in [-0.4, -0.2) is 24.2 Å². The van der Waals surface area contributed by atoms with Gasteiger partial charge in [0.25, 0.3) is 0 Å². The predicted octanol–water partition coefficient (Wildman–Crippen LogP) is 2.61. The highest BCUT2D eigenvalue weighted by molar-refractivity contribution is 9.10. The number of methoxy groups -OCH3 is 2. The molecule has 106 valence electrons. The molecule has 2 aromatic rings. The molecule has 1 aromatic heterocycles. The molecular formula is C14H16BrN3O2. The second-order valence-corrected chi connectivity index (χ2v) is 5.06. The van der Waals surface area contributed by atoms with Gasteiger partial charge >= 0.3 is 0 Å². The summed E-state index contributed by atoms with van der Waals surface area (Å²) in [6, 6.07) is 5.49. The molecule has 6 heteroatoms. The minimum atomic E-state index is -0.433. The molecule has 2 rings (SSSR count). The monoisotopic (exact) mass is 337 g/mol. The van der Waals surface area contributed by atoms with E-state index >= 15 is 0 Å². The van der Waals surface area contributed by atoms with Crippen LogP contribution in [0.1, 0.15) is 22.9 Å². The number of ether oxygens (including phenoxy) is 2. The number of nitrogens with two attached hydrogens (primary N) is 1. The van der Waals surface area contributed by atoms with E-state index in [2.05, 4.69) is 25.9 Å². The molecule has 0 amide bonds. The Kier molecular flexibility index (Phi) is 4.57. The maximum atomic E-state index is 6.30. The molecule has 1 atom stereocenters. The number of aromatic nitrogens is 2. The molecule has 0 aliphatic rings. The average Bonchev–Trinajstić information content (AvgIpc) is 2.48. The maximum Gasteiger partial charge on any atom is 0.240 e. The van der Waals surface area contributed by atoms with Crippen molar-refractivity contribution in [3.63, 3.8) is 0 Å². The van der Waals surface area contributed by atoms with E-state index in [1.807, 2.05) is 25.1 Å². The fraction of sp³-hybridized carbons (Fsp3) is 0.286. The molecule has 0 saturated carbocycles. The molecule has 0 spiro atoms. The summed E-state index contributed by atoms with van der Waals surface area (Å²) in [5, 5.41) is 0. The Morgan fingerprint density at radius 3 is 2.65 bits per heavy atom. The van der Waals surface area contributed by atoms with Gasteiger partial charge < -0.3 is 15.2 Å². The molecule has 0 fully saturated rings. The zero-order valence-corrected chi connectivity index (χ0v) is 13.1. The number of aryl methyl sites for hydroxylation is 1. The van der Waals surface area contributed by atoms with Crippen LogP contribution in [0.15, 0.2) is 28.9 Å². The molecular weight excluding hydrogens is 322 g/mol. The average molecular weight is 338 g/mol. The SMILES string of the molecule is COc1cnc(C(N)c2cccc(C)c2Br)c(OC)n1. The van der Waals surface area contributed by atoms with Crippen LogP contribution in [0.5, 0.6) is 11.8 Å². The number of halogens is 1. The van der Waals surface area contributed by atoms with Crippen LogP contribution in [0.2, 0.25) is 0 Å². The summed E-state index contributed by atoms with van der Waals surface area (Å²) in [6.45, 7) is 2.01. The van der Waals surface area contributed by atoms with E-state index in [0.717, 1.165) is 15.6 Å². The van der Waals surface area contributed by atoms with E-state index in [4.69, 9.17) is 15.2 Å². The van der Waals surface area contributed by atoms with Crippen LogP contribution in [0, 0.1) is 6.92 Å². The van der Waals surface area contributed by atoms with Crippen molar-refractivity contribution < 1.29 is 9.47 Å². The van der Waals surface area contributed by atoms with Gasteiger partial charge in [-0.3, -0.25) is 0 Å². The zero-order valence-electron chi connectivity index (χ0n) is 11.6. The Balaban J connectivity index is 2.47. The van der Waals surface area contributed by atoms with Gasteiger partial charge in [0.05, 0.1) is 26.5 Å². The first kappa shape index (κ1) is 14.7. The number of hydrogen-bond acceptors (Lipinski definition) is 5. The highest BCUT2D eigenvalue weighted by Crippen LogP contribution is 2.32. The van der Waals surface area contributed by atoms with Crippen LogP contribution >= 0.6 is 15.9 Å². The second-order valence-electron chi connectivity index (χ2n) is 4.26. The summed E-state index contributed by atoms with van der Waals surface area (Å²) < 4.78 is 11.3. The smallest absolute Gasteiger partial charge is 0.240 e. The van der Waals surface area contributed by atoms with Crippen molar-refractivity contribution in [3.8, 4) is 11.8 Å². The van der Waals surface area contributed by atoms with Crippen molar-refractivity contribution in [1.82, 2.24) is 9.97 Å². The van der Waals surface area contributed by atoms with Gasteiger partial charge in [-0.1, -0.05) is 34.1 Å². The first-order valence-electron chi connectivity index (χ1n) is 6.04. The van der Waals surface area contributed by atoms with E-state index < -0.39 is 6.04 Å². The van der Waals surface area contributed by atoms with Crippen molar-refractivity contribution >= 4 is 15.9 Å². The summed E-state index contributed by atoms with van der Waals surface area (Å²) in [6.07, 6.45) is 1.53. The van der Waals surface area contributed by atoms with Gasteiger partial charge in [0.2, 0.25) is 11.8 Å². The third-order valence-corrected chi connectivity index (χ3v) is 4.08. The minimum absolute atomic E-state index is 0.366. The first-order valence-corrected chi connectivity index (χ1v) is 6.83. The van der Waals surface area contributed by atoms with Gasteiger partial charge in [0.1, 0.15) is 5.69 Å². The van der Waals surface area contributed by atoms with Gasteiger partial charge in [-0.15, -0.1) is 0 Å². The topological polar surface area (TPSA) is 70.3 Å². The molecule has 1 heterocycles. The van der Waals surface area contributed by atoms with Crippen molar-refractivity contribution in [3.05, 3.63) is 45.7 Å². The summed E-state index contributed by atoms with van der Waals surface area (Å²) >= 11 is 3.56. The Morgan fingerprint density at radius 1 is 1.25 bits per heavy atom. The van der Waals surface area contributed by atoms with E-state index in [1.165, 1.54) is 20.4 Å². The van der Waals surface area contributed by atoms with Crippen molar-refractivity contribution in [2.24, 2.45) is 5.73 Å². The first-order chi connectivity index (χ1) is 9.58. The van der Waals surface area contributed by atoms with Gasteiger partial charge in [0, 0.05) is 4.47 Å². The lowest BCUT2D eigenvalue weighted by Crippen LogP contribution is -2.16. The fourth-order valence-corrected chi connectivity index (χ4v) is 2.40. The normalized spacial score (nSPS) is 12.1.